The summed E-state index contributed by atoms with van der Waals surface area (Å²) in [5.74, 6) is -3.04. The van der Waals surface area contributed by atoms with Gasteiger partial charge in [-0.3, -0.25) is 14.8 Å². The van der Waals surface area contributed by atoms with Gasteiger partial charge in [-0.15, -0.1) is 0 Å². The van der Waals surface area contributed by atoms with Crippen molar-refractivity contribution in [3.63, 3.8) is 0 Å². The number of nitrogens with one attached hydrogen (secondary N) is 1. The predicted octanol–water partition coefficient (Wildman–Crippen LogP) is 2.26. The molecule has 2 amide bonds. The molecule has 2 N–H and O–H groups in total. The van der Waals surface area contributed by atoms with Crippen molar-refractivity contribution >= 4 is 23.7 Å². The first-order chi connectivity index (χ1) is 12.7. The number of benzene rings is 2. The average molecular weight is 376 g/mol. The van der Waals surface area contributed by atoms with Crippen molar-refractivity contribution in [3.05, 3.63) is 64.7 Å². The maximum absolute atomic E-state index is 14.0. The van der Waals surface area contributed by atoms with Crippen LogP contribution in [0.5, 0.6) is 0 Å². The topological polar surface area (TPSA) is 85.2 Å². The Kier molecular flexibility index (Phi) is 6.19. The summed E-state index contributed by atoms with van der Waals surface area (Å²) < 4.78 is 28.0. The van der Waals surface area contributed by atoms with Gasteiger partial charge >= 0.3 is 0 Å². The van der Waals surface area contributed by atoms with Crippen LogP contribution in [-0.2, 0) is 0 Å². The molecule has 142 valence electrons. The number of anilines is 1. The standard InChI is InChI=1S/C18H18F2N4O3/c1-23(2)13-6-7-15(19)14(9-13)18(26)24(3)21-10-12-5-4-11(8-16(12)20)17(25)22-27/h4-10,27H,1-3H3,(H,22,25)/b21-10+. The third-order valence-electron chi connectivity index (χ3n) is 3.72. The summed E-state index contributed by atoms with van der Waals surface area (Å²) in [7, 11) is 4.83. The molecule has 0 aromatic heterocycles. The van der Waals surface area contributed by atoms with Gasteiger partial charge < -0.3 is 4.90 Å². The number of hydrazone groups is 1. The molecular weight excluding hydrogens is 358 g/mol. The van der Waals surface area contributed by atoms with Crippen LogP contribution in [-0.4, -0.2) is 49.4 Å². The second-order valence-corrected chi connectivity index (χ2v) is 5.81. The molecule has 0 saturated heterocycles. The van der Waals surface area contributed by atoms with Crippen LogP contribution in [0.2, 0.25) is 0 Å². The molecule has 0 unspecified atom stereocenters. The minimum absolute atomic E-state index is 0.00616. The number of hydrogen-bond acceptors (Lipinski definition) is 5. The second-order valence-electron chi connectivity index (χ2n) is 5.81. The van der Waals surface area contributed by atoms with E-state index in [1.165, 1.54) is 42.9 Å². The molecule has 2 aromatic carbocycles. The number of nitrogens with zero attached hydrogens (tertiary/aromatic N) is 3. The molecule has 0 heterocycles. The van der Waals surface area contributed by atoms with Crippen LogP contribution in [0.1, 0.15) is 26.3 Å². The number of hydrogen-bond donors (Lipinski definition) is 2. The summed E-state index contributed by atoms with van der Waals surface area (Å²) in [4.78, 5) is 25.4. The summed E-state index contributed by atoms with van der Waals surface area (Å²) in [6.45, 7) is 0. The van der Waals surface area contributed by atoms with Crippen molar-refractivity contribution in [1.82, 2.24) is 10.5 Å². The molecule has 0 bridgehead atoms. The van der Waals surface area contributed by atoms with Crippen molar-refractivity contribution in [2.24, 2.45) is 5.10 Å². The van der Waals surface area contributed by atoms with Gasteiger partial charge in [-0.25, -0.2) is 19.3 Å². The fourth-order valence-corrected chi connectivity index (χ4v) is 2.17. The van der Waals surface area contributed by atoms with E-state index in [9.17, 15) is 18.4 Å². The SMILES string of the molecule is CN(/N=C/c1ccc(C(=O)NO)cc1F)C(=O)c1cc(N(C)C)ccc1F. The first kappa shape index (κ1) is 20.0. The van der Waals surface area contributed by atoms with Crippen molar-refractivity contribution in [1.29, 1.82) is 0 Å². The van der Waals surface area contributed by atoms with Crippen LogP contribution in [0.4, 0.5) is 14.5 Å². The van der Waals surface area contributed by atoms with E-state index in [1.807, 2.05) is 0 Å². The Labute approximate surface area is 154 Å². The van der Waals surface area contributed by atoms with Crippen LogP contribution >= 0.6 is 0 Å². The lowest BCUT2D eigenvalue weighted by Gasteiger charge is -2.16. The minimum Gasteiger partial charge on any atom is -0.378 e. The number of halogens is 2. The lowest BCUT2D eigenvalue weighted by molar-refractivity contribution is 0.0705. The van der Waals surface area contributed by atoms with Crippen LogP contribution in [0.3, 0.4) is 0 Å². The Morgan fingerprint density at radius 2 is 1.78 bits per heavy atom. The van der Waals surface area contributed by atoms with Gasteiger partial charge in [0.1, 0.15) is 11.6 Å². The fourth-order valence-electron chi connectivity index (χ4n) is 2.17. The molecule has 0 atom stereocenters. The summed E-state index contributed by atoms with van der Waals surface area (Å²) in [6.07, 6.45) is 1.07. The molecule has 0 aliphatic rings. The Hall–Kier alpha value is -3.33. The van der Waals surface area contributed by atoms with E-state index in [0.717, 1.165) is 17.3 Å². The highest BCUT2D eigenvalue weighted by Gasteiger charge is 2.17. The third-order valence-corrected chi connectivity index (χ3v) is 3.72. The maximum Gasteiger partial charge on any atom is 0.276 e. The summed E-state index contributed by atoms with van der Waals surface area (Å²) in [5, 5.41) is 13.3. The first-order valence-corrected chi connectivity index (χ1v) is 7.77. The van der Waals surface area contributed by atoms with Gasteiger partial charge in [-0.05, 0) is 36.4 Å². The van der Waals surface area contributed by atoms with E-state index in [4.69, 9.17) is 5.21 Å². The lowest BCUT2D eigenvalue weighted by Crippen LogP contribution is -2.23. The largest absolute Gasteiger partial charge is 0.378 e. The molecule has 9 heteroatoms. The Bertz CT molecular complexity index is 900. The molecule has 0 aliphatic carbocycles. The quantitative estimate of drug-likeness (QED) is 0.476. The number of hydroxylamine groups is 1. The van der Waals surface area contributed by atoms with E-state index in [0.29, 0.717) is 5.69 Å². The zero-order chi connectivity index (χ0) is 20.1. The molecule has 27 heavy (non-hydrogen) atoms. The van der Waals surface area contributed by atoms with Crippen molar-refractivity contribution in [3.8, 4) is 0 Å². The van der Waals surface area contributed by atoms with Gasteiger partial charge in [-0.2, -0.15) is 5.10 Å². The Morgan fingerprint density at radius 3 is 2.37 bits per heavy atom. The van der Waals surface area contributed by atoms with Gasteiger partial charge in [0.2, 0.25) is 0 Å². The molecule has 2 rings (SSSR count). The molecule has 0 radical (unpaired) electrons. The van der Waals surface area contributed by atoms with Crippen LogP contribution in [0, 0.1) is 11.6 Å². The molecular formula is C18H18F2N4O3. The highest BCUT2D eigenvalue weighted by Crippen LogP contribution is 2.18. The number of amides is 2. The Morgan fingerprint density at radius 1 is 1.07 bits per heavy atom. The maximum atomic E-state index is 14.0. The van der Waals surface area contributed by atoms with Crippen LogP contribution in [0.15, 0.2) is 41.5 Å². The summed E-state index contributed by atoms with van der Waals surface area (Å²) in [6, 6.07) is 7.56. The fraction of sp³-hybridized carbons (Fsp3) is 0.167. The average Bonchev–Trinajstić information content (AvgIpc) is 2.65. The number of rotatable bonds is 5. The highest BCUT2D eigenvalue weighted by molar-refractivity contribution is 5.96. The van der Waals surface area contributed by atoms with Gasteiger partial charge in [0.25, 0.3) is 11.8 Å². The molecule has 0 saturated carbocycles. The first-order valence-electron chi connectivity index (χ1n) is 7.77. The minimum atomic E-state index is -0.860. The monoisotopic (exact) mass is 376 g/mol. The molecule has 0 aliphatic heterocycles. The van der Waals surface area contributed by atoms with E-state index < -0.39 is 23.4 Å². The highest BCUT2D eigenvalue weighted by atomic mass is 19.1. The number of carbonyl (C=O) groups excluding carboxylic acids is 2. The van der Waals surface area contributed by atoms with Crippen molar-refractivity contribution in [2.45, 2.75) is 0 Å². The van der Waals surface area contributed by atoms with Crippen molar-refractivity contribution in [2.75, 3.05) is 26.0 Å². The van der Waals surface area contributed by atoms with Gasteiger partial charge in [0, 0.05) is 38.0 Å². The third kappa shape index (κ3) is 4.64. The van der Waals surface area contributed by atoms with Gasteiger partial charge in [0.05, 0.1) is 11.8 Å². The summed E-state index contributed by atoms with van der Waals surface area (Å²) >= 11 is 0. The second kappa shape index (κ2) is 8.37. The molecule has 2 aromatic rings. The molecule has 0 spiro atoms. The van der Waals surface area contributed by atoms with Crippen LogP contribution < -0.4 is 10.4 Å². The molecule has 0 fully saturated rings. The van der Waals surface area contributed by atoms with Crippen molar-refractivity contribution < 1.29 is 23.6 Å². The zero-order valence-corrected chi connectivity index (χ0v) is 14.9. The summed E-state index contributed by atoms with van der Waals surface area (Å²) in [5.41, 5.74) is 1.79. The van der Waals surface area contributed by atoms with E-state index >= 15 is 0 Å². The van der Waals surface area contributed by atoms with E-state index in [-0.39, 0.29) is 16.7 Å². The molecule has 7 nitrogen and oxygen atoms in total. The van der Waals surface area contributed by atoms with Gasteiger partial charge in [0.15, 0.2) is 0 Å². The zero-order valence-electron chi connectivity index (χ0n) is 14.9. The number of carbonyl (C=O) groups is 2. The Balaban J connectivity index is 2.22. The lowest BCUT2D eigenvalue weighted by atomic mass is 10.1. The van der Waals surface area contributed by atoms with E-state index in [1.54, 1.807) is 19.0 Å². The van der Waals surface area contributed by atoms with Crippen LogP contribution in [0.25, 0.3) is 0 Å². The normalized spacial score (nSPS) is 10.7. The predicted molar refractivity (Wildman–Crippen MR) is 96.1 cm³/mol. The van der Waals surface area contributed by atoms with Gasteiger partial charge in [-0.1, -0.05) is 0 Å². The smallest absolute Gasteiger partial charge is 0.276 e. The van der Waals surface area contributed by atoms with E-state index in [2.05, 4.69) is 5.10 Å².